The molecule has 23 heavy (non-hydrogen) atoms. The molecule has 1 unspecified atom stereocenters. The average molecular weight is 330 g/mol. The lowest BCUT2D eigenvalue weighted by Crippen LogP contribution is -2.58. The molecule has 0 bridgehead atoms. The molecule has 9 nitrogen and oxygen atoms in total. The van der Waals surface area contributed by atoms with Gasteiger partial charge >= 0.3 is 0 Å². The van der Waals surface area contributed by atoms with E-state index in [1.165, 1.54) is 0 Å². The number of aliphatic hydroxyl groups is 4. The second kappa shape index (κ2) is 6.69. The number of carbonyl (C=O) groups is 1. The van der Waals surface area contributed by atoms with E-state index in [0.29, 0.717) is 0 Å². The molecule has 0 aromatic heterocycles. The van der Waals surface area contributed by atoms with E-state index in [9.17, 15) is 35.4 Å². The number of aliphatic hydroxyl groups excluding tert-OH is 4. The van der Waals surface area contributed by atoms with Crippen molar-refractivity contribution in [3.05, 3.63) is 17.7 Å². The summed E-state index contributed by atoms with van der Waals surface area (Å²) in [6, 6.07) is 1.72. The Kier molecular flexibility index (Phi) is 5.07. The van der Waals surface area contributed by atoms with Crippen LogP contribution in [0.5, 0.6) is 17.2 Å². The maximum atomic E-state index is 12.2. The normalized spacial score (nSPS) is 31.0. The van der Waals surface area contributed by atoms with Crippen LogP contribution in [0.1, 0.15) is 16.8 Å². The Morgan fingerprint density at radius 3 is 2.00 bits per heavy atom. The molecular weight excluding hydrogens is 312 g/mol. The maximum Gasteiger partial charge on any atom is 0.173 e. The summed E-state index contributed by atoms with van der Waals surface area (Å²) in [5.74, 6) is -2.57. The maximum absolute atomic E-state index is 12.2. The first-order valence-corrected chi connectivity index (χ1v) is 6.85. The van der Waals surface area contributed by atoms with E-state index in [1.54, 1.807) is 0 Å². The first-order chi connectivity index (χ1) is 10.8. The minimum atomic E-state index is -1.62. The monoisotopic (exact) mass is 330 g/mol. The molecule has 2 rings (SSSR count). The number of hydrogen-bond donors (Lipinski definition) is 7. The molecule has 128 valence electrons. The van der Waals surface area contributed by atoms with Gasteiger partial charge in [-0.05, 0) is 0 Å². The summed E-state index contributed by atoms with van der Waals surface area (Å²) >= 11 is 0. The first kappa shape index (κ1) is 17.4. The summed E-state index contributed by atoms with van der Waals surface area (Å²) in [4.78, 5) is 12.2. The zero-order valence-electron chi connectivity index (χ0n) is 11.9. The number of hydrogen-bond acceptors (Lipinski definition) is 9. The highest BCUT2D eigenvalue weighted by atomic mass is 16.5. The van der Waals surface area contributed by atoms with Gasteiger partial charge < -0.3 is 40.5 Å². The van der Waals surface area contributed by atoms with Crippen LogP contribution >= 0.6 is 0 Å². The van der Waals surface area contributed by atoms with Crippen LogP contribution in [0.2, 0.25) is 0 Å². The summed E-state index contributed by atoms with van der Waals surface area (Å²) in [6.45, 7) is -0.634. The molecule has 1 aromatic carbocycles. The topological polar surface area (TPSA) is 168 Å². The fourth-order valence-corrected chi connectivity index (χ4v) is 2.52. The van der Waals surface area contributed by atoms with Gasteiger partial charge in [0.15, 0.2) is 5.78 Å². The lowest BCUT2D eigenvalue weighted by atomic mass is 9.91. The van der Waals surface area contributed by atoms with Gasteiger partial charge in [0.25, 0.3) is 0 Å². The van der Waals surface area contributed by atoms with E-state index in [0.717, 1.165) is 12.1 Å². The van der Waals surface area contributed by atoms with Crippen LogP contribution in [0.15, 0.2) is 12.1 Å². The molecule has 1 fully saturated rings. The molecule has 0 saturated carbocycles. The van der Waals surface area contributed by atoms with Crippen molar-refractivity contribution in [1.29, 1.82) is 0 Å². The molecule has 0 amide bonds. The lowest BCUT2D eigenvalue weighted by molar-refractivity contribution is -0.227. The molecule has 1 aliphatic rings. The Bertz CT molecular complexity index is 563. The number of aromatic hydroxyl groups is 3. The number of Topliss-reactive ketones (excluding diaryl/α,β-unsaturated/α-hetero) is 1. The molecule has 0 aliphatic carbocycles. The quantitative estimate of drug-likeness (QED) is 0.315. The van der Waals surface area contributed by atoms with Crippen LogP contribution in [0, 0.1) is 0 Å². The van der Waals surface area contributed by atoms with Gasteiger partial charge in [-0.3, -0.25) is 4.79 Å². The Morgan fingerprint density at radius 2 is 1.48 bits per heavy atom. The van der Waals surface area contributed by atoms with Gasteiger partial charge in [0.1, 0.15) is 47.2 Å². The standard InChI is InChI=1S/C14H18O9/c15-4-10-13(21)14(22)12(20)9(23-10)3-8(19)11-6(17)1-5(16)2-7(11)18/h1-2,9-10,12-18,20-22H,3-4H2/t9?,10-,12+,13-,14-/m1/s1. The number of ether oxygens (including phenoxy) is 1. The Morgan fingerprint density at radius 1 is 0.957 bits per heavy atom. The summed E-state index contributed by atoms with van der Waals surface area (Å²) in [5.41, 5.74) is -0.472. The fraction of sp³-hybridized carbons (Fsp3) is 0.500. The number of benzene rings is 1. The highest BCUT2D eigenvalue weighted by molar-refractivity contribution is 6.01. The predicted molar refractivity (Wildman–Crippen MR) is 74.2 cm³/mol. The van der Waals surface area contributed by atoms with Crippen molar-refractivity contribution in [1.82, 2.24) is 0 Å². The summed E-state index contributed by atoms with van der Waals surface area (Å²) in [5, 5.41) is 66.8. The highest BCUT2D eigenvalue weighted by Crippen LogP contribution is 2.34. The third kappa shape index (κ3) is 3.38. The number of carbonyl (C=O) groups excluding carboxylic acids is 1. The second-order valence-electron chi connectivity index (χ2n) is 5.35. The van der Waals surface area contributed by atoms with Gasteiger partial charge in [0.2, 0.25) is 0 Å². The Labute approximate surface area is 130 Å². The predicted octanol–water partition coefficient (Wildman–Crippen LogP) is -1.78. The fourth-order valence-electron chi connectivity index (χ4n) is 2.52. The van der Waals surface area contributed by atoms with E-state index >= 15 is 0 Å². The number of phenols is 3. The smallest absolute Gasteiger partial charge is 0.173 e. The largest absolute Gasteiger partial charge is 0.508 e. The minimum absolute atomic E-state index is 0.440. The van der Waals surface area contributed by atoms with E-state index < -0.39 is 72.1 Å². The zero-order chi connectivity index (χ0) is 17.3. The van der Waals surface area contributed by atoms with Crippen LogP contribution in [-0.2, 0) is 4.74 Å². The molecule has 5 atom stereocenters. The van der Waals surface area contributed by atoms with Crippen molar-refractivity contribution in [2.75, 3.05) is 6.61 Å². The molecule has 9 heteroatoms. The molecule has 0 radical (unpaired) electrons. The van der Waals surface area contributed by atoms with E-state index in [2.05, 4.69) is 0 Å². The SMILES string of the molecule is O=C(CC1O[C@H](CO)[C@@H](O)[C@H](O)[C@H]1O)c1c(O)cc(O)cc1O. The van der Waals surface area contributed by atoms with Crippen LogP contribution in [0.3, 0.4) is 0 Å². The summed E-state index contributed by atoms with van der Waals surface area (Å²) in [6.07, 6.45) is -7.72. The van der Waals surface area contributed by atoms with Gasteiger partial charge in [-0.1, -0.05) is 0 Å². The lowest BCUT2D eigenvalue weighted by Gasteiger charge is -2.39. The van der Waals surface area contributed by atoms with Crippen molar-refractivity contribution >= 4 is 5.78 Å². The summed E-state index contributed by atoms with van der Waals surface area (Å²) < 4.78 is 5.18. The van der Waals surface area contributed by atoms with Crippen LogP contribution in [0.4, 0.5) is 0 Å². The van der Waals surface area contributed by atoms with Crippen molar-refractivity contribution in [2.24, 2.45) is 0 Å². The third-order valence-corrected chi connectivity index (χ3v) is 3.74. The first-order valence-electron chi connectivity index (χ1n) is 6.85. The number of ketones is 1. The molecular formula is C14H18O9. The second-order valence-corrected chi connectivity index (χ2v) is 5.35. The third-order valence-electron chi connectivity index (χ3n) is 3.74. The molecule has 1 aliphatic heterocycles. The molecule has 1 saturated heterocycles. The van der Waals surface area contributed by atoms with Gasteiger partial charge in [0, 0.05) is 18.6 Å². The summed E-state index contributed by atoms with van der Waals surface area (Å²) in [7, 11) is 0. The molecule has 1 aromatic rings. The molecule has 0 spiro atoms. The van der Waals surface area contributed by atoms with Gasteiger partial charge in [0.05, 0.1) is 12.7 Å². The highest BCUT2D eigenvalue weighted by Gasteiger charge is 2.44. The van der Waals surface area contributed by atoms with Crippen LogP contribution < -0.4 is 0 Å². The molecule has 1 heterocycles. The molecule has 7 N–H and O–H groups in total. The Balaban J connectivity index is 2.20. The van der Waals surface area contributed by atoms with Gasteiger partial charge in [-0.25, -0.2) is 0 Å². The number of rotatable bonds is 4. The van der Waals surface area contributed by atoms with Crippen molar-refractivity contribution in [3.8, 4) is 17.2 Å². The van der Waals surface area contributed by atoms with Crippen molar-refractivity contribution in [2.45, 2.75) is 36.9 Å². The van der Waals surface area contributed by atoms with Crippen LogP contribution in [-0.4, -0.2) is 78.7 Å². The van der Waals surface area contributed by atoms with Crippen LogP contribution in [0.25, 0.3) is 0 Å². The van der Waals surface area contributed by atoms with E-state index in [-0.39, 0.29) is 0 Å². The van der Waals surface area contributed by atoms with E-state index in [1.807, 2.05) is 0 Å². The van der Waals surface area contributed by atoms with Crippen molar-refractivity contribution in [3.63, 3.8) is 0 Å². The van der Waals surface area contributed by atoms with Gasteiger partial charge in [-0.15, -0.1) is 0 Å². The van der Waals surface area contributed by atoms with Crippen molar-refractivity contribution < 1.29 is 45.3 Å². The van der Waals surface area contributed by atoms with E-state index in [4.69, 9.17) is 9.84 Å². The minimum Gasteiger partial charge on any atom is -0.508 e. The Hall–Kier alpha value is -1.91. The van der Waals surface area contributed by atoms with Gasteiger partial charge in [-0.2, -0.15) is 0 Å². The average Bonchev–Trinajstić information content (AvgIpc) is 2.46. The number of phenolic OH excluding ortho intramolecular Hbond substituents is 3. The zero-order valence-corrected chi connectivity index (χ0v) is 11.9.